The van der Waals surface area contributed by atoms with Gasteiger partial charge in [-0.3, -0.25) is 0 Å². The van der Waals surface area contributed by atoms with Gasteiger partial charge in [-0.2, -0.15) is 0 Å². The van der Waals surface area contributed by atoms with E-state index in [9.17, 15) is 0 Å². The summed E-state index contributed by atoms with van der Waals surface area (Å²) in [5.41, 5.74) is 0.788. The van der Waals surface area contributed by atoms with Gasteiger partial charge in [-0.25, -0.2) is 0 Å². The van der Waals surface area contributed by atoms with Gasteiger partial charge in [-0.1, -0.05) is 50.5 Å². The molecule has 0 aromatic carbocycles. The minimum absolute atomic E-state index is 0.388. The summed E-state index contributed by atoms with van der Waals surface area (Å²) in [5, 5.41) is 0. The zero-order valence-electron chi connectivity index (χ0n) is 11.5. The lowest BCUT2D eigenvalue weighted by atomic mass is 9.62. The van der Waals surface area contributed by atoms with Crippen LogP contribution in [-0.4, -0.2) is 17.5 Å². The highest BCUT2D eigenvalue weighted by molar-refractivity contribution is 9.09. The summed E-state index contributed by atoms with van der Waals surface area (Å²) in [6.45, 7) is 12.3. The van der Waals surface area contributed by atoms with E-state index >= 15 is 0 Å². The summed E-state index contributed by atoms with van der Waals surface area (Å²) < 4.78 is 6.09. The first-order valence-corrected chi connectivity index (χ1v) is 7.53. The zero-order chi connectivity index (χ0) is 12.4. The monoisotopic (exact) mass is 290 g/mol. The Kier molecular flexibility index (Phi) is 4.88. The van der Waals surface area contributed by atoms with Crippen LogP contribution in [-0.2, 0) is 4.74 Å². The molecule has 1 aliphatic rings. The molecule has 96 valence electrons. The van der Waals surface area contributed by atoms with Crippen molar-refractivity contribution < 1.29 is 4.74 Å². The molecule has 0 aliphatic heterocycles. The molecule has 0 N–H and O–H groups in total. The van der Waals surface area contributed by atoms with Gasteiger partial charge in [0.25, 0.3) is 0 Å². The van der Waals surface area contributed by atoms with E-state index in [2.05, 4.69) is 50.5 Å². The molecule has 0 aromatic rings. The molecule has 0 radical (unpaired) electrons. The van der Waals surface area contributed by atoms with Gasteiger partial charge in [-0.05, 0) is 31.1 Å². The van der Waals surface area contributed by atoms with Crippen LogP contribution in [0.1, 0.15) is 60.3 Å². The molecule has 0 heterocycles. The summed E-state index contributed by atoms with van der Waals surface area (Å²) in [4.78, 5) is 0.662. The molecule has 1 rings (SSSR count). The maximum absolute atomic E-state index is 6.09. The molecule has 0 spiro atoms. The van der Waals surface area contributed by atoms with E-state index in [0.29, 0.717) is 21.8 Å². The molecule has 1 nitrogen and oxygen atoms in total. The minimum Gasteiger partial charge on any atom is -0.378 e. The smallest absolute Gasteiger partial charge is 0.0652 e. The summed E-state index contributed by atoms with van der Waals surface area (Å²) in [7, 11) is 0. The second-order valence-electron chi connectivity index (χ2n) is 6.31. The normalized spacial score (nSPS) is 28.9. The van der Waals surface area contributed by atoms with Crippen molar-refractivity contribution in [3.63, 3.8) is 0 Å². The first-order chi connectivity index (χ1) is 7.35. The van der Waals surface area contributed by atoms with E-state index in [0.717, 1.165) is 13.0 Å². The number of rotatable bonds is 5. The first-order valence-electron chi connectivity index (χ1n) is 6.61. The third-order valence-corrected chi connectivity index (χ3v) is 5.46. The lowest BCUT2D eigenvalue weighted by Gasteiger charge is -2.53. The van der Waals surface area contributed by atoms with Crippen molar-refractivity contribution in [2.75, 3.05) is 6.61 Å². The number of hydrogen-bond donors (Lipinski definition) is 0. The summed E-state index contributed by atoms with van der Waals surface area (Å²) in [6, 6.07) is 0. The first kappa shape index (κ1) is 14.5. The Morgan fingerprint density at radius 3 is 2.19 bits per heavy atom. The number of alkyl halides is 1. The Bertz CT molecular complexity index is 215. The van der Waals surface area contributed by atoms with Gasteiger partial charge >= 0.3 is 0 Å². The molecular weight excluding hydrogens is 264 g/mol. The Morgan fingerprint density at radius 2 is 1.81 bits per heavy atom. The molecule has 2 unspecified atom stereocenters. The third kappa shape index (κ3) is 3.01. The SMILES string of the molecule is CCC1(CC)C(Br)CC1OCCC(C)(C)C. The molecule has 0 amide bonds. The van der Waals surface area contributed by atoms with E-state index in [1.54, 1.807) is 0 Å². The molecule has 1 saturated carbocycles. The third-order valence-electron chi connectivity index (χ3n) is 4.17. The fraction of sp³-hybridized carbons (Fsp3) is 1.00. The van der Waals surface area contributed by atoms with Crippen LogP contribution in [0.25, 0.3) is 0 Å². The maximum atomic E-state index is 6.09. The van der Waals surface area contributed by atoms with Crippen LogP contribution in [0.3, 0.4) is 0 Å². The van der Waals surface area contributed by atoms with Crippen LogP contribution >= 0.6 is 15.9 Å². The van der Waals surface area contributed by atoms with Crippen LogP contribution in [0, 0.1) is 10.8 Å². The van der Waals surface area contributed by atoms with Gasteiger partial charge in [0.15, 0.2) is 0 Å². The Labute approximate surface area is 109 Å². The molecular formula is C14H27BrO. The molecule has 2 heteroatoms. The standard InChI is InChI=1S/C14H27BrO/c1-6-14(7-2)11(15)10-12(14)16-9-8-13(3,4)5/h11-12H,6-10H2,1-5H3. The summed E-state index contributed by atoms with van der Waals surface area (Å²) in [5.74, 6) is 0. The second kappa shape index (κ2) is 5.39. The van der Waals surface area contributed by atoms with E-state index in [1.165, 1.54) is 19.3 Å². The predicted molar refractivity (Wildman–Crippen MR) is 74.2 cm³/mol. The van der Waals surface area contributed by atoms with Crippen LogP contribution in [0.5, 0.6) is 0 Å². The molecule has 0 aromatic heterocycles. The molecule has 16 heavy (non-hydrogen) atoms. The number of ether oxygens (including phenoxy) is 1. The van der Waals surface area contributed by atoms with Crippen LogP contribution in [0.2, 0.25) is 0 Å². The lowest BCUT2D eigenvalue weighted by molar-refractivity contribution is -0.112. The molecule has 1 aliphatic carbocycles. The highest BCUT2D eigenvalue weighted by Gasteiger charge is 2.52. The zero-order valence-corrected chi connectivity index (χ0v) is 13.1. The van der Waals surface area contributed by atoms with Crippen molar-refractivity contribution in [1.82, 2.24) is 0 Å². The number of hydrogen-bond acceptors (Lipinski definition) is 1. The van der Waals surface area contributed by atoms with Crippen molar-refractivity contribution >= 4 is 15.9 Å². The lowest BCUT2D eigenvalue weighted by Crippen LogP contribution is -2.55. The van der Waals surface area contributed by atoms with Gasteiger partial charge in [0.2, 0.25) is 0 Å². The van der Waals surface area contributed by atoms with Crippen molar-refractivity contribution in [2.45, 2.75) is 71.2 Å². The summed E-state index contributed by atoms with van der Waals surface area (Å²) in [6.07, 6.45) is 5.26. The van der Waals surface area contributed by atoms with Crippen LogP contribution in [0.15, 0.2) is 0 Å². The van der Waals surface area contributed by atoms with E-state index < -0.39 is 0 Å². The van der Waals surface area contributed by atoms with Crippen LogP contribution in [0.4, 0.5) is 0 Å². The summed E-state index contributed by atoms with van der Waals surface area (Å²) >= 11 is 3.80. The molecule has 2 atom stereocenters. The highest BCUT2D eigenvalue weighted by Crippen LogP contribution is 2.52. The largest absolute Gasteiger partial charge is 0.378 e. The van der Waals surface area contributed by atoms with Gasteiger partial charge < -0.3 is 4.74 Å². The maximum Gasteiger partial charge on any atom is 0.0652 e. The Balaban J connectivity index is 2.39. The van der Waals surface area contributed by atoms with Gasteiger partial charge in [-0.15, -0.1) is 0 Å². The van der Waals surface area contributed by atoms with Gasteiger partial charge in [0, 0.05) is 16.8 Å². The van der Waals surface area contributed by atoms with Gasteiger partial charge in [0.05, 0.1) is 6.10 Å². The van der Waals surface area contributed by atoms with E-state index in [-0.39, 0.29) is 0 Å². The second-order valence-corrected chi connectivity index (χ2v) is 7.42. The van der Waals surface area contributed by atoms with Crippen molar-refractivity contribution in [3.05, 3.63) is 0 Å². The van der Waals surface area contributed by atoms with E-state index in [1.807, 2.05) is 0 Å². The quantitative estimate of drug-likeness (QED) is 0.662. The fourth-order valence-corrected chi connectivity index (χ4v) is 3.87. The van der Waals surface area contributed by atoms with Crippen molar-refractivity contribution in [3.8, 4) is 0 Å². The molecule has 0 bridgehead atoms. The topological polar surface area (TPSA) is 9.23 Å². The Morgan fingerprint density at radius 1 is 1.25 bits per heavy atom. The molecule has 0 saturated heterocycles. The average molecular weight is 291 g/mol. The van der Waals surface area contributed by atoms with Crippen LogP contribution < -0.4 is 0 Å². The number of halogens is 1. The fourth-order valence-electron chi connectivity index (χ4n) is 2.59. The Hall–Kier alpha value is 0.440. The predicted octanol–water partition coefficient (Wildman–Crippen LogP) is 4.78. The van der Waals surface area contributed by atoms with Gasteiger partial charge in [0.1, 0.15) is 0 Å². The average Bonchev–Trinajstić information content (AvgIpc) is 2.17. The van der Waals surface area contributed by atoms with Crippen molar-refractivity contribution in [2.24, 2.45) is 10.8 Å². The van der Waals surface area contributed by atoms with E-state index in [4.69, 9.17) is 4.74 Å². The van der Waals surface area contributed by atoms with Crippen molar-refractivity contribution in [1.29, 1.82) is 0 Å². The minimum atomic E-state index is 0.388. The highest BCUT2D eigenvalue weighted by atomic mass is 79.9. The molecule has 1 fully saturated rings.